The number of nitro groups is 1. The quantitative estimate of drug-likeness (QED) is 0.674. The molecule has 0 saturated carbocycles. The fourth-order valence-electron chi connectivity index (χ4n) is 2.79. The Balaban J connectivity index is 2.36. The fraction of sp³-hybridized carbons (Fsp3) is 0.188. The van der Waals surface area contributed by atoms with Crippen LogP contribution in [-0.2, 0) is 0 Å². The van der Waals surface area contributed by atoms with E-state index >= 15 is 0 Å². The van der Waals surface area contributed by atoms with Crippen LogP contribution in [0.25, 0.3) is 0 Å². The van der Waals surface area contributed by atoms with Crippen LogP contribution in [0.15, 0.2) is 51.1 Å². The minimum atomic E-state index is -1.06. The zero-order valence-corrected chi connectivity index (χ0v) is 12.9. The van der Waals surface area contributed by atoms with Crippen LogP contribution < -0.4 is 20.8 Å². The van der Waals surface area contributed by atoms with Gasteiger partial charge in [0.2, 0.25) is 0 Å². The third-order valence-electron chi connectivity index (χ3n) is 3.75. The molecule has 2 heterocycles. The van der Waals surface area contributed by atoms with Crippen molar-refractivity contribution in [2.24, 2.45) is 5.73 Å². The highest BCUT2D eigenvalue weighted by Gasteiger charge is 2.42. The molecule has 2 aromatic rings. The summed E-state index contributed by atoms with van der Waals surface area (Å²) in [6.07, 6.45) is 0. The van der Waals surface area contributed by atoms with Crippen LogP contribution in [0.4, 0.5) is 0 Å². The smallest absolute Gasteiger partial charge is 0.344 e. The summed E-state index contributed by atoms with van der Waals surface area (Å²) < 4.78 is 15.7. The van der Waals surface area contributed by atoms with E-state index in [1.54, 1.807) is 31.2 Å². The molecule has 0 amide bonds. The van der Waals surface area contributed by atoms with Gasteiger partial charge in [-0.3, -0.25) is 10.1 Å². The normalized spacial score (nSPS) is 16.3. The number of nitrogens with two attached hydrogens (primary N) is 1. The molecule has 8 heteroatoms. The van der Waals surface area contributed by atoms with Crippen molar-refractivity contribution in [3.63, 3.8) is 0 Å². The summed E-state index contributed by atoms with van der Waals surface area (Å²) in [5, 5.41) is 11.6. The predicted octanol–water partition coefficient (Wildman–Crippen LogP) is 1.89. The van der Waals surface area contributed by atoms with Crippen molar-refractivity contribution in [2.75, 3.05) is 7.11 Å². The topological polar surface area (TPSA) is 118 Å². The Labute approximate surface area is 136 Å². The first-order chi connectivity index (χ1) is 11.4. The molecule has 1 unspecified atom stereocenters. The standard InChI is InChI=1S/C16H14N2O6/c1-8-7-11-13(16(19)23-8)12(14(18(20)21)15(17)24-11)9-5-3-4-6-10(9)22-2/h3-7,12H,17H2,1-2H3. The van der Waals surface area contributed by atoms with E-state index in [4.69, 9.17) is 19.6 Å². The second kappa shape index (κ2) is 5.73. The summed E-state index contributed by atoms with van der Waals surface area (Å²) in [6, 6.07) is 8.17. The summed E-state index contributed by atoms with van der Waals surface area (Å²) in [5.74, 6) is -0.578. The van der Waals surface area contributed by atoms with Crippen molar-refractivity contribution < 1.29 is 18.8 Å². The van der Waals surface area contributed by atoms with E-state index in [9.17, 15) is 14.9 Å². The lowest BCUT2D eigenvalue weighted by atomic mass is 9.87. The summed E-state index contributed by atoms with van der Waals surface area (Å²) in [6.45, 7) is 1.58. The summed E-state index contributed by atoms with van der Waals surface area (Å²) >= 11 is 0. The highest BCUT2D eigenvalue weighted by atomic mass is 16.6. The van der Waals surface area contributed by atoms with Crippen molar-refractivity contribution in [3.8, 4) is 11.5 Å². The van der Waals surface area contributed by atoms with Gasteiger partial charge in [-0.05, 0) is 13.0 Å². The Morgan fingerprint density at radius 3 is 2.71 bits per heavy atom. The number of aryl methyl sites for hydroxylation is 1. The number of para-hydroxylation sites is 1. The van der Waals surface area contributed by atoms with Gasteiger partial charge in [-0.2, -0.15) is 0 Å². The number of rotatable bonds is 3. The molecule has 1 aliphatic rings. The van der Waals surface area contributed by atoms with E-state index in [2.05, 4.69) is 0 Å². The van der Waals surface area contributed by atoms with Gasteiger partial charge in [0.05, 0.1) is 17.6 Å². The maximum absolute atomic E-state index is 12.4. The van der Waals surface area contributed by atoms with Gasteiger partial charge < -0.3 is 19.6 Å². The second-order valence-electron chi connectivity index (χ2n) is 5.21. The minimum Gasteiger partial charge on any atom is -0.496 e. The molecule has 1 aliphatic heterocycles. The number of hydrogen-bond donors (Lipinski definition) is 1. The van der Waals surface area contributed by atoms with Crippen LogP contribution in [0.1, 0.15) is 22.8 Å². The van der Waals surface area contributed by atoms with Crippen LogP contribution in [0, 0.1) is 17.0 Å². The molecule has 0 aliphatic carbocycles. The minimum absolute atomic E-state index is 0.0194. The molecule has 0 radical (unpaired) electrons. The fourth-order valence-corrected chi connectivity index (χ4v) is 2.79. The Kier molecular flexibility index (Phi) is 3.72. The third kappa shape index (κ3) is 2.37. The number of allylic oxidation sites excluding steroid dienone is 1. The van der Waals surface area contributed by atoms with E-state index in [1.165, 1.54) is 13.2 Å². The molecule has 0 fully saturated rings. The molecule has 1 aromatic heterocycles. The average molecular weight is 330 g/mol. The van der Waals surface area contributed by atoms with Gasteiger partial charge in [0.25, 0.3) is 5.88 Å². The SMILES string of the molecule is COc1ccccc1C1C([N+](=O)[O-])=C(N)Oc2cc(C)oc(=O)c21. The van der Waals surface area contributed by atoms with Crippen molar-refractivity contribution >= 4 is 0 Å². The monoisotopic (exact) mass is 330 g/mol. The lowest BCUT2D eigenvalue weighted by Gasteiger charge is -2.24. The molecule has 1 atom stereocenters. The van der Waals surface area contributed by atoms with E-state index in [0.29, 0.717) is 17.1 Å². The third-order valence-corrected chi connectivity index (χ3v) is 3.75. The van der Waals surface area contributed by atoms with Crippen molar-refractivity contribution in [1.29, 1.82) is 0 Å². The highest BCUT2D eigenvalue weighted by molar-refractivity contribution is 5.52. The summed E-state index contributed by atoms with van der Waals surface area (Å²) in [5.41, 5.74) is 5.06. The number of nitrogens with zero attached hydrogens (tertiary/aromatic N) is 1. The molecular weight excluding hydrogens is 316 g/mol. The molecule has 124 valence electrons. The molecule has 0 bridgehead atoms. The Hall–Kier alpha value is -3.29. The Morgan fingerprint density at radius 2 is 2.04 bits per heavy atom. The van der Waals surface area contributed by atoms with E-state index in [0.717, 1.165) is 0 Å². The summed E-state index contributed by atoms with van der Waals surface area (Å²) in [4.78, 5) is 23.3. The maximum Gasteiger partial charge on any atom is 0.344 e. The average Bonchev–Trinajstić information content (AvgIpc) is 2.52. The molecule has 0 saturated heterocycles. The van der Waals surface area contributed by atoms with E-state index in [-0.39, 0.29) is 17.2 Å². The highest BCUT2D eigenvalue weighted by Crippen LogP contribution is 2.43. The zero-order valence-electron chi connectivity index (χ0n) is 12.9. The lowest BCUT2D eigenvalue weighted by molar-refractivity contribution is -0.432. The first-order valence-electron chi connectivity index (χ1n) is 7.03. The Bertz CT molecular complexity index is 915. The molecule has 8 nitrogen and oxygen atoms in total. The van der Waals surface area contributed by atoms with Gasteiger partial charge in [0.1, 0.15) is 23.2 Å². The van der Waals surface area contributed by atoms with Gasteiger partial charge in [0.15, 0.2) is 0 Å². The van der Waals surface area contributed by atoms with Crippen molar-refractivity contribution in [3.05, 3.63) is 79.3 Å². The first-order valence-corrected chi connectivity index (χ1v) is 7.03. The van der Waals surface area contributed by atoms with Gasteiger partial charge in [-0.25, -0.2) is 4.79 Å². The van der Waals surface area contributed by atoms with Gasteiger partial charge >= 0.3 is 11.3 Å². The van der Waals surface area contributed by atoms with Crippen LogP contribution in [0.3, 0.4) is 0 Å². The molecule has 24 heavy (non-hydrogen) atoms. The van der Waals surface area contributed by atoms with Crippen LogP contribution in [-0.4, -0.2) is 12.0 Å². The summed E-state index contributed by atoms with van der Waals surface area (Å²) in [7, 11) is 1.44. The van der Waals surface area contributed by atoms with E-state index in [1.807, 2.05) is 0 Å². The van der Waals surface area contributed by atoms with Gasteiger partial charge in [-0.1, -0.05) is 18.2 Å². The number of benzene rings is 1. The largest absolute Gasteiger partial charge is 0.496 e. The van der Waals surface area contributed by atoms with E-state index < -0.39 is 22.2 Å². The van der Waals surface area contributed by atoms with Crippen LogP contribution >= 0.6 is 0 Å². The van der Waals surface area contributed by atoms with Crippen LogP contribution in [0.2, 0.25) is 0 Å². The number of ether oxygens (including phenoxy) is 2. The lowest BCUT2D eigenvalue weighted by Crippen LogP contribution is -2.30. The predicted molar refractivity (Wildman–Crippen MR) is 83.4 cm³/mol. The number of hydrogen-bond acceptors (Lipinski definition) is 7. The van der Waals surface area contributed by atoms with Crippen molar-refractivity contribution in [2.45, 2.75) is 12.8 Å². The molecular formula is C16H14N2O6. The molecule has 2 N–H and O–H groups in total. The number of methoxy groups -OCH3 is 1. The maximum atomic E-state index is 12.4. The van der Waals surface area contributed by atoms with Gasteiger partial charge in [-0.15, -0.1) is 0 Å². The molecule has 3 rings (SSSR count). The molecule has 1 aromatic carbocycles. The van der Waals surface area contributed by atoms with Gasteiger partial charge in [0, 0.05) is 11.6 Å². The van der Waals surface area contributed by atoms with Crippen molar-refractivity contribution in [1.82, 2.24) is 0 Å². The zero-order chi connectivity index (χ0) is 17.4. The second-order valence-corrected chi connectivity index (χ2v) is 5.21. The van der Waals surface area contributed by atoms with Crippen LogP contribution in [0.5, 0.6) is 11.5 Å². The first kappa shape index (κ1) is 15.6. The number of fused-ring (bicyclic) bond motifs is 1. The molecule has 0 spiro atoms. The Morgan fingerprint density at radius 1 is 1.33 bits per heavy atom.